The van der Waals surface area contributed by atoms with Gasteiger partial charge in [0.2, 0.25) is 29.6 Å². The van der Waals surface area contributed by atoms with Crippen molar-refractivity contribution in [1.82, 2.24) is 75.8 Å². The number of aryl methyl sites for hydroxylation is 3. The molecule has 0 bridgehead atoms. The van der Waals surface area contributed by atoms with Gasteiger partial charge < -0.3 is 89.1 Å². The van der Waals surface area contributed by atoms with E-state index in [2.05, 4.69) is 94.8 Å². The molecule has 10 N–H and O–H groups in total. The van der Waals surface area contributed by atoms with Gasteiger partial charge in [-0.05, 0) is 148 Å². The number of aromatic amines is 3. The number of carbonyl (C=O) groups excluding carboxylic acids is 3. The van der Waals surface area contributed by atoms with E-state index in [9.17, 15) is 14.4 Å². The number of fused-ring (bicyclic) bond motifs is 6. The van der Waals surface area contributed by atoms with Crippen LogP contribution in [-0.4, -0.2) is 138 Å². The summed E-state index contributed by atoms with van der Waals surface area (Å²) in [5.74, 6) is 5.34. The fourth-order valence-corrected chi connectivity index (χ4v) is 12.2. The van der Waals surface area contributed by atoms with Gasteiger partial charge in [0, 0.05) is 99.9 Å². The van der Waals surface area contributed by atoms with E-state index in [0.717, 1.165) is 84.5 Å². The predicted molar refractivity (Wildman–Crippen MR) is 423 cm³/mol. The number of rotatable bonds is 23. The van der Waals surface area contributed by atoms with Crippen molar-refractivity contribution in [3.8, 4) is 62.4 Å². The van der Waals surface area contributed by atoms with Gasteiger partial charge >= 0.3 is 0 Å². The molecule has 0 fully saturated rings. The number of hydrogen-bond acceptors (Lipinski definition) is 24. The van der Waals surface area contributed by atoms with E-state index in [0.29, 0.717) is 132 Å². The van der Waals surface area contributed by atoms with Crippen LogP contribution in [0.4, 0.5) is 40.7 Å². The minimum Gasteiger partial charge on any atom is -0.495 e. The molecule has 9 heterocycles. The number of benzene rings is 6. The third-order valence-electron chi connectivity index (χ3n) is 18.0. The molecule has 0 saturated carbocycles. The fourth-order valence-electron chi connectivity index (χ4n) is 12.2. The zero-order chi connectivity index (χ0) is 77.6. The molecule has 0 spiro atoms. The molecule has 30 nitrogen and oxygen atoms in total. The van der Waals surface area contributed by atoms with E-state index < -0.39 is 0 Å². The highest BCUT2D eigenvalue weighted by molar-refractivity contribution is 6.04. The van der Waals surface area contributed by atoms with Crippen LogP contribution in [-0.2, 0) is 0 Å². The van der Waals surface area contributed by atoms with Crippen molar-refractivity contribution in [1.29, 1.82) is 0 Å². The summed E-state index contributed by atoms with van der Waals surface area (Å²) in [6.45, 7) is 17.7. The lowest BCUT2D eigenvalue weighted by Gasteiger charge is -2.16. The average molecular weight is 1490 g/mol. The summed E-state index contributed by atoms with van der Waals surface area (Å²) in [7, 11) is 9.38. The predicted octanol–water partition coefficient (Wildman–Crippen LogP) is 15.7. The largest absolute Gasteiger partial charge is 0.495 e. The van der Waals surface area contributed by atoms with Gasteiger partial charge in [-0.3, -0.25) is 14.4 Å². The number of aromatic nitrogens is 12. The van der Waals surface area contributed by atoms with Crippen LogP contribution >= 0.6 is 0 Å². The number of hydrogen-bond donors (Lipinski definition) is 10. The normalized spacial score (nSPS) is 11.8. The molecule has 564 valence electrons. The molecular weight excluding hydrogens is 1400 g/mol. The molecule has 3 amide bonds. The van der Waals surface area contributed by atoms with Crippen molar-refractivity contribution in [2.45, 2.75) is 93.4 Å². The highest BCUT2D eigenvalue weighted by atomic mass is 16.5. The third kappa shape index (κ3) is 15.9. The number of carbonyl (C=O) groups is 3. The Hall–Kier alpha value is -13.8. The quantitative estimate of drug-likeness (QED) is 0.0284. The van der Waals surface area contributed by atoms with Gasteiger partial charge in [-0.25, -0.2) is 15.0 Å². The lowest BCUT2D eigenvalue weighted by atomic mass is 10.1. The van der Waals surface area contributed by atoms with E-state index in [1.165, 1.54) is 0 Å². The van der Waals surface area contributed by atoms with Crippen molar-refractivity contribution in [3.63, 3.8) is 0 Å². The molecule has 9 aromatic heterocycles. The van der Waals surface area contributed by atoms with E-state index >= 15 is 0 Å². The molecule has 15 aromatic rings. The summed E-state index contributed by atoms with van der Waals surface area (Å²) >= 11 is 0. The van der Waals surface area contributed by atoms with Gasteiger partial charge in [0.05, 0.1) is 66.8 Å². The summed E-state index contributed by atoms with van der Waals surface area (Å²) in [6, 6.07) is 33.2. The summed E-state index contributed by atoms with van der Waals surface area (Å²) in [5, 5.41) is 23.3. The van der Waals surface area contributed by atoms with Crippen LogP contribution in [0.15, 0.2) is 141 Å². The Kier molecular flexibility index (Phi) is 21.7. The summed E-state index contributed by atoms with van der Waals surface area (Å²) in [4.78, 5) is 87.3. The highest BCUT2D eigenvalue weighted by Gasteiger charge is 2.25. The molecule has 110 heavy (non-hydrogen) atoms. The van der Waals surface area contributed by atoms with Crippen molar-refractivity contribution in [2.75, 3.05) is 63.7 Å². The first-order valence-corrected chi connectivity index (χ1v) is 35.6. The topological polar surface area (TPSA) is 384 Å². The van der Waals surface area contributed by atoms with Crippen molar-refractivity contribution in [3.05, 3.63) is 162 Å². The summed E-state index contributed by atoms with van der Waals surface area (Å²) in [6.07, 6.45) is 7.19. The number of nitrogens with zero attached hydrogens (tertiary/aromatic N) is 9. The second kappa shape index (κ2) is 32.1. The monoisotopic (exact) mass is 1490 g/mol. The van der Waals surface area contributed by atoms with Crippen LogP contribution in [0, 0.1) is 20.8 Å². The van der Waals surface area contributed by atoms with Crippen LogP contribution in [0.5, 0.6) is 29.0 Å². The maximum atomic E-state index is 12.0. The molecule has 0 aliphatic heterocycles. The fraction of sp³-hybridized carbons (Fsp3) is 0.250. The lowest BCUT2D eigenvalue weighted by Crippen LogP contribution is -2.17. The van der Waals surface area contributed by atoms with Gasteiger partial charge in [0.15, 0.2) is 34.4 Å². The van der Waals surface area contributed by atoms with Crippen LogP contribution in [0.2, 0.25) is 0 Å². The molecule has 0 saturated heterocycles. The van der Waals surface area contributed by atoms with Crippen LogP contribution in [0.25, 0.3) is 99.8 Å². The first-order valence-electron chi connectivity index (χ1n) is 35.6. The van der Waals surface area contributed by atoms with Crippen LogP contribution in [0.3, 0.4) is 0 Å². The summed E-state index contributed by atoms with van der Waals surface area (Å²) in [5.41, 5.74) is 15.3. The van der Waals surface area contributed by atoms with Crippen molar-refractivity contribution in [2.24, 2.45) is 0 Å². The minimum absolute atomic E-state index is 0.0607. The molecule has 0 aliphatic carbocycles. The van der Waals surface area contributed by atoms with Gasteiger partial charge in [-0.15, -0.1) is 0 Å². The maximum Gasteiger partial charge on any atom is 0.251 e. The first kappa shape index (κ1) is 74.5. The van der Waals surface area contributed by atoms with Crippen molar-refractivity contribution >= 4 is 125 Å². The Labute approximate surface area is 630 Å². The van der Waals surface area contributed by atoms with Gasteiger partial charge in [-0.2, -0.15) is 29.9 Å². The molecule has 30 heteroatoms. The molecule has 0 radical (unpaired) electrons. The highest BCUT2D eigenvalue weighted by Crippen LogP contribution is 2.42. The van der Waals surface area contributed by atoms with Crippen LogP contribution < -0.4 is 60.9 Å². The number of amides is 3. The Morgan fingerprint density at radius 3 is 1.06 bits per heavy atom. The van der Waals surface area contributed by atoms with Crippen molar-refractivity contribution < 1.29 is 51.3 Å². The van der Waals surface area contributed by atoms with Crippen LogP contribution in [0.1, 0.15) is 103 Å². The average Bonchev–Trinajstić information content (AvgIpc) is 1.60. The maximum absolute atomic E-state index is 12.0. The number of H-pyrrole nitrogens is 3. The number of ether oxygens (including phenoxy) is 5. The third-order valence-corrected chi connectivity index (χ3v) is 18.0. The number of methoxy groups -OCH3 is 3. The van der Waals surface area contributed by atoms with E-state index in [1.807, 2.05) is 108 Å². The molecular formula is C80H83N19O11. The lowest BCUT2D eigenvalue weighted by molar-refractivity contribution is 0.0955. The minimum atomic E-state index is -0.204. The standard InChI is InChI=1S/2C27H28N6O4.C26H27N7O3/c2*1-6-14(2)36-26-23-18(16-7-9-20-22(11-16)37-15(3)30-20)13-29-24(23)32-27(33-26)31-19-10-8-17(25(34)28-4)12-21(19)35-5;1-13(2)29-24-22-17(15-6-8-19-21(10-15)36-14(3)30-19)12-28-23(22)32-26(33-24)31-18-9-7-16(25(34)27-4)11-20(18)35-5/h2*7-14H,6H2,1-5H3,(H,28,34)(H2,29,31,32,33);6-13H,1-5H3,(H,27,34)(H3,28,29,31,32,33)/t2*14-;/m10./s1. The first-order chi connectivity index (χ1) is 53.1. The Morgan fingerprint density at radius 2 is 0.745 bits per heavy atom. The second-order valence-electron chi connectivity index (χ2n) is 26.0. The van der Waals surface area contributed by atoms with E-state index in [1.54, 1.807) is 97.1 Å². The molecule has 0 unspecified atom stereocenters. The van der Waals surface area contributed by atoms with Gasteiger partial charge in [0.25, 0.3) is 17.7 Å². The van der Waals surface area contributed by atoms with E-state index in [-0.39, 0.29) is 36.0 Å². The SMILES string of the molecule is CC[C@@H](C)Oc1nc(Nc2ccc(C(=O)NC)cc2OC)nc2[nH]cc(-c3ccc4nc(C)oc4c3)c12.CC[C@H](C)Oc1nc(Nc2ccc(C(=O)NC)cc2OC)nc2[nH]cc(-c3ccc4nc(C)oc4c3)c12.CNC(=O)c1ccc(Nc2nc(NC(C)C)c3c(-c4ccc5nc(C)oc5c4)c[nH]c3n2)c(OC)c1. The van der Waals surface area contributed by atoms with Gasteiger partial charge in [0.1, 0.15) is 56.6 Å². The zero-order valence-corrected chi connectivity index (χ0v) is 63.3. The summed E-state index contributed by atoms with van der Waals surface area (Å²) < 4.78 is 46.2. The molecule has 15 rings (SSSR count). The number of oxazole rings is 3. The second-order valence-corrected chi connectivity index (χ2v) is 26.0. The zero-order valence-electron chi connectivity index (χ0n) is 63.3. The number of nitrogens with one attached hydrogen (secondary N) is 10. The molecule has 6 aromatic carbocycles. The van der Waals surface area contributed by atoms with Gasteiger partial charge in [-0.1, -0.05) is 32.0 Å². The van der Waals surface area contributed by atoms with E-state index in [4.69, 9.17) is 66.8 Å². The Bertz CT molecular complexity index is 5690. The number of anilines is 7. The molecule has 0 aliphatic rings. The smallest absolute Gasteiger partial charge is 0.251 e. The Balaban J connectivity index is 0.000000145. The molecule has 2 atom stereocenters. The Morgan fingerprint density at radius 1 is 0.418 bits per heavy atom.